The van der Waals surface area contributed by atoms with Crippen molar-refractivity contribution in [3.8, 4) is 11.1 Å². The maximum absolute atomic E-state index is 13.3. The zero-order valence-electron chi connectivity index (χ0n) is 17.9. The predicted octanol–water partition coefficient (Wildman–Crippen LogP) is 3.31. The Kier molecular flexibility index (Phi) is 5.80. The van der Waals surface area contributed by atoms with Crippen LogP contribution in [0.2, 0.25) is 0 Å². The molecule has 0 radical (unpaired) electrons. The summed E-state index contributed by atoms with van der Waals surface area (Å²) >= 11 is 0. The van der Waals surface area contributed by atoms with E-state index in [2.05, 4.69) is 40.3 Å². The number of amides is 2. The molecule has 6 nitrogen and oxygen atoms in total. The average molecular weight is 415 g/mol. The number of rotatable bonds is 5. The highest BCUT2D eigenvalue weighted by Gasteiger charge is 2.47. The Bertz CT molecular complexity index is 1070. The maximum atomic E-state index is 13.3. The summed E-state index contributed by atoms with van der Waals surface area (Å²) in [6.07, 6.45) is 5.72. The second-order valence-corrected chi connectivity index (χ2v) is 8.29. The third-order valence-electron chi connectivity index (χ3n) is 5.86. The van der Waals surface area contributed by atoms with Crippen molar-refractivity contribution in [1.82, 2.24) is 19.8 Å². The lowest BCUT2D eigenvalue weighted by atomic mass is 9.79. The third kappa shape index (κ3) is 4.33. The zero-order chi connectivity index (χ0) is 21.8. The molecule has 3 aromatic rings. The van der Waals surface area contributed by atoms with Crippen LogP contribution in [0.5, 0.6) is 0 Å². The minimum Gasteiger partial charge on any atom is -0.348 e. The molecule has 1 atom stereocenters. The van der Waals surface area contributed by atoms with Crippen molar-refractivity contribution in [3.63, 3.8) is 0 Å². The van der Waals surface area contributed by atoms with Gasteiger partial charge in [0, 0.05) is 39.6 Å². The fourth-order valence-electron chi connectivity index (χ4n) is 4.37. The minimum absolute atomic E-state index is 0.0482. The van der Waals surface area contributed by atoms with Gasteiger partial charge in [-0.25, -0.2) is 4.98 Å². The molecule has 0 aliphatic carbocycles. The van der Waals surface area contributed by atoms with Gasteiger partial charge in [0.15, 0.2) is 0 Å². The molecule has 2 heterocycles. The molecular weight excluding hydrogens is 388 g/mol. The van der Waals surface area contributed by atoms with Gasteiger partial charge in [0.25, 0.3) is 5.91 Å². The van der Waals surface area contributed by atoms with E-state index in [1.165, 1.54) is 12.4 Å². The maximum Gasteiger partial charge on any atom is 0.274 e. The first kappa shape index (κ1) is 20.7. The molecule has 1 aliphatic heterocycles. The van der Waals surface area contributed by atoms with Gasteiger partial charge in [-0.05, 0) is 29.5 Å². The first-order valence-electron chi connectivity index (χ1n) is 10.4. The summed E-state index contributed by atoms with van der Waals surface area (Å²) in [5.74, 6) is -0.133. The Balaban J connectivity index is 1.61. The summed E-state index contributed by atoms with van der Waals surface area (Å²) in [6.45, 7) is 0.891. The van der Waals surface area contributed by atoms with Gasteiger partial charge in [0.05, 0.1) is 11.6 Å². The third-order valence-corrected chi connectivity index (χ3v) is 5.86. The highest BCUT2D eigenvalue weighted by Crippen LogP contribution is 2.37. The molecule has 158 valence electrons. The number of hydrogen-bond acceptors (Lipinski definition) is 4. The fraction of sp³-hybridized carbons (Fsp3) is 0.280. The molecule has 4 rings (SSSR count). The van der Waals surface area contributed by atoms with Crippen LogP contribution < -0.4 is 0 Å². The quantitative estimate of drug-likeness (QED) is 0.643. The van der Waals surface area contributed by atoms with Crippen LogP contribution in [0, 0.1) is 5.41 Å². The predicted molar refractivity (Wildman–Crippen MR) is 119 cm³/mol. The van der Waals surface area contributed by atoms with Crippen LogP contribution in [0.15, 0.2) is 73.2 Å². The van der Waals surface area contributed by atoms with Crippen LogP contribution in [0.1, 0.15) is 22.5 Å². The molecule has 0 saturated carbocycles. The van der Waals surface area contributed by atoms with E-state index < -0.39 is 5.41 Å². The van der Waals surface area contributed by atoms with Crippen molar-refractivity contribution < 1.29 is 9.59 Å². The highest BCUT2D eigenvalue weighted by atomic mass is 16.2. The highest BCUT2D eigenvalue weighted by molar-refractivity contribution is 5.93. The number of aromatic nitrogens is 2. The molecule has 0 N–H and O–H groups in total. The molecule has 1 aromatic heterocycles. The summed E-state index contributed by atoms with van der Waals surface area (Å²) in [6, 6.07) is 18.5. The lowest BCUT2D eigenvalue weighted by molar-refractivity contribution is -0.138. The lowest BCUT2D eigenvalue weighted by Gasteiger charge is -2.31. The largest absolute Gasteiger partial charge is 0.348 e. The van der Waals surface area contributed by atoms with Gasteiger partial charge < -0.3 is 9.80 Å². The molecule has 0 unspecified atom stereocenters. The number of likely N-dealkylation sites (tertiary alicyclic amines) is 1. The van der Waals surface area contributed by atoms with Crippen LogP contribution in [-0.2, 0) is 11.2 Å². The molecule has 0 bridgehead atoms. The van der Waals surface area contributed by atoms with Crippen molar-refractivity contribution in [2.24, 2.45) is 5.41 Å². The monoisotopic (exact) mass is 414 g/mol. The summed E-state index contributed by atoms with van der Waals surface area (Å²) in [4.78, 5) is 37.7. The van der Waals surface area contributed by atoms with E-state index in [-0.39, 0.29) is 11.8 Å². The minimum atomic E-state index is -0.656. The van der Waals surface area contributed by atoms with Crippen LogP contribution in [0.3, 0.4) is 0 Å². The first-order chi connectivity index (χ1) is 15.0. The van der Waals surface area contributed by atoms with Gasteiger partial charge in [-0.15, -0.1) is 0 Å². The van der Waals surface area contributed by atoms with Crippen molar-refractivity contribution in [3.05, 3.63) is 84.4 Å². The summed E-state index contributed by atoms with van der Waals surface area (Å²) in [7, 11) is 3.55. The fourth-order valence-corrected chi connectivity index (χ4v) is 4.37. The van der Waals surface area contributed by atoms with E-state index in [1.54, 1.807) is 30.1 Å². The van der Waals surface area contributed by atoms with Gasteiger partial charge >= 0.3 is 0 Å². The number of benzene rings is 2. The van der Waals surface area contributed by atoms with E-state index in [0.29, 0.717) is 31.6 Å². The molecule has 2 aromatic carbocycles. The van der Waals surface area contributed by atoms with E-state index >= 15 is 0 Å². The lowest BCUT2D eigenvalue weighted by Crippen LogP contribution is -2.44. The SMILES string of the molecule is CN(C)C(=O)[C@@]1(Cc2cccc(-c3ccccc3)c2)CCN(C(=O)c2cnccn2)C1. The molecule has 1 fully saturated rings. The molecule has 6 heteroatoms. The van der Waals surface area contributed by atoms with Crippen molar-refractivity contribution in [2.75, 3.05) is 27.2 Å². The van der Waals surface area contributed by atoms with E-state index in [9.17, 15) is 9.59 Å². The van der Waals surface area contributed by atoms with Gasteiger partial charge in [0.2, 0.25) is 5.91 Å². The summed E-state index contributed by atoms with van der Waals surface area (Å²) < 4.78 is 0. The molecule has 1 saturated heterocycles. The Morgan fingerprint density at radius 3 is 2.52 bits per heavy atom. The number of nitrogens with zero attached hydrogens (tertiary/aromatic N) is 4. The smallest absolute Gasteiger partial charge is 0.274 e. The average Bonchev–Trinajstić information content (AvgIpc) is 3.24. The molecule has 2 amide bonds. The van der Waals surface area contributed by atoms with E-state index in [0.717, 1.165) is 16.7 Å². The molecule has 31 heavy (non-hydrogen) atoms. The van der Waals surface area contributed by atoms with Crippen molar-refractivity contribution in [2.45, 2.75) is 12.8 Å². The normalized spacial score (nSPS) is 18.1. The van der Waals surface area contributed by atoms with Gasteiger partial charge in [-0.3, -0.25) is 14.6 Å². The summed E-state index contributed by atoms with van der Waals surface area (Å²) in [5.41, 5.74) is 3.00. The second kappa shape index (κ2) is 8.68. The molecule has 0 spiro atoms. The topological polar surface area (TPSA) is 66.4 Å². The van der Waals surface area contributed by atoms with Crippen LogP contribution in [0.4, 0.5) is 0 Å². The van der Waals surface area contributed by atoms with Crippen LogP contribution >= 0.6 is 0 Å². The van der Waals surface area contributed by atoms with Crippen molar-refractivity contribution >= 4 is 11.8 Å². The first-order valence-corrected chi connectivity index (χ1v) is 10.4. The zero-order valence-corrected chi connectivity index (χ0v) is 17.9. The van der Waals surface area contributed by atoms with E-state index in [4.69, 9.17) is 0 Å². The molecule has 1 aliphatic rings. The van der Waals surface area contributed by atoms with Gasteiger partial charge in [0.1, 0.15) is 5.69 Å². The van der Waals surface area contributed by atoms with Gasteiger partial charge in [-0.1, -0.05) is 54.6 Å². The Labute approximate surface area is 182 Å². The number of carbonyl (C=O) groups is 2. The Hall–Kier alpha value is -3.54. The van der Waals surface area contributed by atoms with Gasteiger partial charge in [-0.2, -0.15) is 0 Å². The Morgan fingerprint density at radius 1 is 1.03 bits per heavy atom. The second-order valence-electron chi connectivity index (χ2n) is 8.29. The van der Waals surface area contributed by atoms with Crippen LogP contribution in [0.25, 0.3) is 11.1 Å². The number of carbonyl (C=O) groups excluding carboxylic acids is 2. The standard InChI is InChI=1S/C25H26N4O2/c1-28(2)24(31)25(11-14-29(18-25)23(30)22-17-26-12-13-27-22)16-19-7-6-10-21(15-19)20-8-4-3-5-9-20/h3-10,12-13,15,17H,11,14,16,18H2,1-2H3/t25-/m1/s1. The van der Waals surface area contributed by atoms with Crippen LogP contribution in [-0.4, -0.2) is 58.8 Å². The summed E-state index contributed by atoms with van der Waals surface area (Å²) in [5, 5.41) is 0. The van der Waals surface area contributed by atoms with E-state index in [1.807, 2.05) is 24.3 Å². The number of hydrogen-bond donors (Lipinski definition) is 0. The van der Waals surface area contributed by atoms with Crippen molar-refractivity contribution in [1.29, 1.82) is 0 Å². The Morgan fingerprint density at radius 2 is 1.81 bits per heavy atom. The molecular formula is C25H26N4O2.